The zero-order valence-electron chi connectivity index (χ0n) is 19.7. The molecule has 9 heteroatoms. The molecule has 182 valence electrons. The van der Waals surface area contributed by atoms with Crippen LogP contribution in [0.2, 0.25) is 0 Å². The van der Waals surface area contributed by atoms with Crippen molar-refractivity contribution in [2.45, 2.75) is 45.1 Å². The minimum Gasteiger partial charge on any atom is -0.365 e. The maximum Gasteiger partial charge on any atom is 0.273 e. The van der Waals surface area contributed by atoms with Gasteiger partial charge in [-0.25, -0.2) is 18.7 Å². The second-order valence-corrected chi connectivity index (χ2v) is 12.2. The molecule has 1 amide bonds. The first kappa shape index (κ1) is 22.7. The molecule has 3 aliphatic rings. The number of rotatable bonds is 5. The Morgan fingerprint density at radius 3 is 2.80 bits per heavy atom. The third kappa shape index (κ3) is 4.37. The molecule has 2 aromatic heterocycles. The van der Waals surface area contributed by atoms with E-state index in [2.05, 4.69) is 21.4 Å². The van der Waals surface area contributed by atoms with Gasteiger partial charge >= 0.3 is 0 Å². The highest BCUT2D eigenvalue weighted by molar-refractivity contribution is 7.65. The number of hydrogen-bond acceptors (Lipinski definition) is 5. The molecule has 2 fully saturated rings. The lowest BCUT2D eigenvalue weighted by Gasteiger charge is -2.32. The summed E-state index contributed by atoms with van der Waals surface area (Å²) < 4.78 is 28.4. The highest BCUT2D eigenvalue weighted by atomic mass is 31.1. The Balaban J connectivity index is 1.23. The molecule has 0 spiro atoms. The summed E-state index contributed by atoms with van der Waals surface area (Å²) in [6.07, 6.45) is 6.09. The second kappa shape index (κ2) is 8.74. The van der Waals surface area contributed by atoms with Crippen molar-refractivity contribution in [3.05, 3.63) is 53.0 Å². The van der Waals surface area contributed by atoms with Crippen LogP contribution in [0.5, 0.6) is 0 Å². The monoisotopic (exact) mass is 495 g/mol. The van der Waals surface area contributed by atoms with Crippen LogP contribution in [0, 0.1) is 12.8 Å². The van der Waals surface area contributed by atoms with Crippen molar-refractivity contribution in [1.82, 2.24) is 19.9 Å². The van der Waals surface area contributed by atoms with Crippen molar-refractivity contribution in [2.24, 2.45) is 5.92 Å². The molecule has 0 radical (unpaired) electrons. The number of nitrogens with one attached hydrogen (secondary N) is 1. The Kier molecular flexibility index (Phi) is 5.67. The maximum atomic E-state index is 14.2. The zero-order chi connectivity index (χ0) is 24.2. The number of benzene rings is 1. The van der Waals surface area contributed by atoms with Gasteiger partial charge < -0.3 is 10.2 Å². The lowest BCUT2D eigenvalue weighted by Crippen LogP contribution is -2.41. The number of fused-ring (bicyclic) bond motifs is 2. The lowest BCUT2D eigenvalue weighted by atomic mass is 10.0. The van der Waals surface area contributed by atoms with E-state index in [1.165, 1.54) is 0 Å². The lowest BCUT2D eigenvalue weighted by molar-refractivity contribution is -0.132. The molecule has 1 N–H and O–H groups in total. The molecule has 3 heterocycles. The van der Waals surface area contributed by atoms with Gasteiger partial charge in [0, 0.05) is 42.9 Å². The van der Waals surface area contributed by atoms with Crippen molar-refractivity contribution in [3.8, 4) is 0 Å². The van der Waals surface area contributed by atoms with E-state index >= 15 is 0 Å². The molecule has 0 unspecified atom stereocenters. The summed E-state index contributed by atoms with van der Waals surface area (Å²) in [6, 6.07) is 7.25. The van der Waals surface area contributed by atoms with Crippen molar-refractivity contribution >= 4 is 36.0 Å². The van der Waals surface area contributed by atoms with Gasteiger partial charge in [0.05, 0.1) is 17.1 Å². The van der Waals surface area contributed by atoms with E-state index < -0.39 is 13.8 Å². The second-order valence-electron chi connectivity index (χ2n) is 9.77. The smallest absolute Gasteiger partial charge is 0.273 e. The number of hydrogen-bond donors (Lipinski definition) is 1. The van der Waals surface area contributed by atoms with Crippen LogP contribution in [0.4, 0.5) is 14.6 Å². The fraction of sp³-hybridized carbons (Fsp3) is 0.462. The number of aryl methyl sites for hydroxylation is 1. The summed E-state index contributed by atoms with van der Waals surface area (Å²) in [5.41, 5.74) is 3.61. The highest BCUT2D eigenvalue weighted by Gasteiger charge is 2.40. The van der Waals surface area contributed by atoms with E-state index in [-0.39, 0.29) is 17.9 Å². The number of amides is 1. The van der Waals surface area contributed by atoms with Crippen LogP contribution in [0.15, 0.2) is 30.5 Å². The van der Waals surface area contributed by atoms with Gasteiger partial charge in [-0.15, -0.1) is 0 Å². The molecule has 6 nitrogen and oxygen atoms in total. The standard InChI is InChI=1S/C26H28F2N5OP/c1-16-31-22-15-29-23(35-11-9-33(10-12-35)25(34)17-5-6-17)13-20(22)24(32-16)30-14-18-3-2-4-21-19(18)7-8-26(21,27)28/h2-4,13,15,17H,5-12,14H2,1H3,(H,30,31,32). The third-order valence-corrected chi connectivity index (χ3v) is 9.70. The average molecular weight is 496 g/mol. The molecular weight excluding hydrogens is 467 g/mol. The minimum absolute atomic E-state index is 0.128. The Bertz CT molecular complexity index is 1300. The summed E-state index contributed by atoms with van der Waals surface area (Å²) in [5, 5.41) is 4.30. The topological polar surface area (TPSA) is 71.0 Å². The first-order chi connectivity index (χ1) is 16.9. The third-order valence-electron chi connectivity index (χ3n) is 7.32. The van der Waals surface area contributed by atoms with Crippen LogP contribution in [0.25, 0.3) is 10.9 Å². The van der Waals surface area contributed by atoms with E-state index in [0.717, 1.165) is 65.7 Å². The zero-order valence-corrected chi connectivity index (χ0v) is 20.6. The quantitative estimate of drug-likeness (QED) is 0.534. The fourth-order valence-electron chi connectivity index (χ4n) is 5.22. The number of carbonyl (C=O) groups is 1. The van der Waals surface area contributed by atoms with Gasteiger partial charge in [-0.05, 0) is 55.7 Å². The molecule has 1 saturated carbocycles. The van der Waals surface area contributed by atoms with E-state index in [1.54, 1.807) is 12.1 Å². The average Bonchev–Trinajstić information content (AvgIpc) is 3.66. The molecule has 35 heavy (non-hydrogen) atoms. The van der Waals surface area contributed by atoms with Crippen molar-refractivity contribution in [2.75, 3.05) is 30.7 Å². The minimum atomic E-state index is -2.74. The molecule has 6 rings (SSSR count). The summed E-state index contributed by atoms with van der Waals surface area (Å²) in [4.78, 5) is 28.4. The van der Waals surface area contributed by atoms with Gasteiger partial charge in [-0.3, -0.25) is 9.78 Å². The van der Waals surface area contributed by atoms with Crippen molar-refractivity contribution < 1.29 is 13.6 Å². The molecule has 1 saturated heterocycles. The van der Waals surface area contributed by atoms with Crippen LogP contribution in [0.1, 0.15) is 41.8 Å². The normalized spacial score (nSPS) is 19.7. The van der Waals surface area contributed by atoms with Crippen molar-refractivity contribution in [3.63, 3.8) is 0 Å². The van der Waals surface area contributed by atoms with E-state index in [1.807, 2.05) is 24.1 Å². The first-order valence-electron chi connectivity index (χ1n) is 12.3. The van der Waals surface area contributed by atoms with Gasteiger partial charge in [-0.2, -0.15) is 0 Å². The number of carbonyl (C=O) groups excluding carboxylic acids is 1. The van der Waals surface area contributed by atoms with Crippen LogP contribution in [-0.2, 0) is 23.7 Å². The summed E-state index contributed by atoms with van der Waals surface area (Å²) in [7, 11) is -0.450. The van der Waals surface area contributed by atoms with E-state index in [0.29, 0.717) is 30.5 Å². The van der Waals surface area contributed by atoms with Crippen LogP contribution < -0.4 is 10.8 Å². The van der Waals surface area contributed by atoms with Crippen molar-refractivity contribution in [1.29, 1.82) is 0 Å². The predicted octanol–water partition coefficient (Wildman–Crippen LogP) is 4.34. The molecule has 0 atom stereocenters. The Morgan fingerprint density at radius 2 is 2.03 bits per heavy atom. The highest BCUT2D eigenvalue weighted by Crippen LogP contribution is 2.43. The van der Waals surface area contributed by atoms with Crippen LogP contribution in [0.3, 0.4) is 0 Å². The van der Waals surface area contributed by atoms with E-state index in [9.17, 15) is 13.6 Å². The number of aromatic nitrogens is 3. The SMILES string of the molecule is Cc1nc(NCc2cccc3c2CCC3(F)F)c2cc(P3CCN(C(=O)C4CC4)CC3)ncc2n1. The summed E-state index contributed by atoms with van der Waals surface area (Å²) >= 11 is 0. The van der Waals surface area contributed by atoms with Gasteiger partial charge in [0.1, 0.15) is 11.6 Å². The van der Waals surface area contributed by atoms with E-state index in [4.69, 9.17) is 4.98 Å². The molecule has 1 aromatic carbocycles. The molecule has 1 aliphatic heterocycles. The Labute approximate surface area is 204 Å². The fourth-order valence-corrected chi connectivity index (χ4v) is 7.40. The largest absolute Gasteiger partial charge is 0.365 e. The van der Waals surface area contributed by atoms with Gasteiger partial charge in [0.15, 0.2) is 0 Å². The van der Waals surface area contributed by atoms with Crippen LogP contribution >= 0.6 is 7.92 Å². The van der Waals surface area contributed by atoms with Crippen LogP contribution in [-0.4, -0.2) is 51.2 Å². The number of anilines is 1. The number of alkyl halides is 2. The Hall–Kier alpha value is -2.73. The summed E-state index contributed by atoms with van der Waals surface area (Å²) in [5.74, 6) is -0.811. The van der Waals surface area contributed by atoms with Gasteiger partial charge in [0.25, 0.3) is 5.92 Å². The predicted molar refractivity (Wildman–Crippen MR) is 134 cm³/mol. The molecule has 2 aliphatic carbocycles. The molecular formula is C26H28F2N5OP. The van der Waals surface area contributed by atoms with Gasteiger partial charge in [0.2, 0.25) is 5.91 Å². The number of pyridine rings is 1. The van der Waals surface area contributed by atoms with Gasteiger partial charge in [-0.1, -0.05) is 26.1 Å². The summed E-state index contributed by atoms with van der Waals surface area (Å²) in [6.45, 7) is 3.88. The number of halogens is 2. The molecule has 0 bridgehead atoms. The molecule has 3 aromatic rings. The number of nitrogens with zero attached hydrogens (tertiary/aromatic N) is 4. The first-order valence-corrected chi connectivity index (χ1v) is 14.0. The maximum absolute atomic E-state index is 14.2. The Morgan fingerprint density at radius 1 is 1.23 bits per heavy atom.